The fraction of sp³-hybridized carbons (Fsp3) is 0.736. The van der Waals surface area contributed by atoms with E-state index in [0.717, 1.165) is 69.8 Å². The van der Waals surface area contributed by atoms with Gasteiger partial charge in [-0.05, 0) is 103 Å². The van der Waals surface area contributed by atoms with Crippen molar-refractivity contribution in [1.82, 2.24) is 21.3 Å². The number of allylic oxidation sites excluding steroid dienone is 4. The number of hydrogen-bond donors (Lipinski definition) is 5. The molecule has 63 heavy (non-hydrogen) atoms. The fourth-order valence-electron chi connectivity index (χ4n) is 7.36. The molecule has 0 radical (unpaired) electrons. The lowest BCUT2D eigenvalue weighted by molar-refractivity contribution is -0.122. The summed E-state index contributed by atoms with van der Waals surface area (Å²) in [5, 5.41) is 22.6. The molecule has 10 nitrogen and oxygen atoms in total. The summed E-state index contributed by atoms with van der Waals surface area (Å²) in [4.78, 5) is 50.2. The molecule has 0 heterocycles. The van der Waals surface area contributed by atoms with Gasteiger partial charge in [0.15, 0.2) is 0 Å². The number of hydrogen-bond acceptors (Lipinski definition) is 6. The fourth-order valence-corrected chi connectivity index (χ4v) is 7.36. The number of rotatable bonds is 39. The number of phenolic OH excluding ortho intramolecular Hbond substituents is 1. The molecule has 1 aromatic rings. The number of phenols is 1. The number of ether oxygens (including phenoxy) is 1. The molecule has 0 aliphatic heterocycles. The highest BCUT2D eigenvalue weighted by Gasteiger charge is 2.17. The number of carbonyl (C=O) groups is 4. The van der Waals surface area contributed by atoms with Crippen molar-refractivity contribution in [3.05, 3.63) is 53.1 Å². The van der Waals surface area contributed by atoms with E-state index >= 15 is 0 Å². The van der Waals surface area contributed by atoms with Crippen molar-refractivity contribution in [3.8, 4) is 5.75 Å². The Morgan fingerprint density at radius 2 is 0.841 bits per heavy atom. The maximum absolute atomic E-state index is 12.8. The molecule has 4 amide bonds. The molecule has 1 aromatic carbocycles. The number of unbranched alkanes of at least 4 members (excludes halogenated alkanes) is 22. The van der Waals surface area contributed by atoms with E-state index in [1.165, 1.54) is 103 Å². The van der Waals surface area contributed by atoms with E-state index in [9.17, 15) is 24.3 Å². The zero-order valence-electron chi connectivity index (χ0n) is 40.8. The predicted octanol–water partition coefficient (Wildman–Crippen LogP) is 13.2. The van der Waals surface area contributed by atoms with Crippen molar-refractivity contribution in [2.24, 2.45) is 0 Å². The molecule has 0 atom stereocenters. The van der Waals surface area contributed by atoms with Crippen LogP contribution in [0.4, 0.5) is 4.79 Å². The van der Waals surface area contributed by atoms with Gasteiger partial charge in [0.2, 0.25) is 17.7 Å². The minimum Gasteiger partial charge on any atom is -0.507 e. The molecular formula is C53H92N4O6. The molecule has 0 saturated carbocycles. The van der Waals surface area contributed by atoms with E-state index < -0.39 is 11.7 Å². The zero-order valence-corrected chi connectivity index (χ0v) is 40.8. The van der Waals surface area contributed by atoms with Crippen molar-refractivity contribution < 1.29 is 29.0 Å². The Kier molecular flexibility index (Phi) is 35.1. The number of aromatic hydroxyl groups is 1. The molecule has 0 aromatic heterocycles. The summed E-state index contributed by atoms with van der Waals surface area (Å²) in [6, 6.07) is 3.54. The maximum atomic E-state index is 12.8. The summed E-state index contributed by atoms with van der Waals surface area (Å²) < 4.78 is 5.23. The third-order valence-electron chi connectivity index (χ3n) is 11.1. The zero-order chi connectivity index (χ0) is 46.2. The van der Waals surface area contributed by atoms with Gasteiger partial charge in [-0.1, -0.05) is 141 Å². The van der Waals surface area contributed by atoms with Crippen molar-refractivity contribution in [3.63, 3.8) is 0 Å². The van der Waals surface area contributed by atoms with Gasteiger partial charge in [-0.3, -0.25) is 14.4 Å². The first-order chi connectivity index (χ1) is 30.4. The van der Waals surface area contributed by atoms with Gasteiger partial charge in [-0.2, -0.15) is 0 Å². The van der Waals surface area contributed by atoms with Crippen molar-refractivity contribution in [1.29, 1.82) is 0 Å². The number of alkyl carbamates (subject to hydrolysis) is 1. The van der Waals surface area contributed by atoms with Crippen molar-refractivity contribution >= 4 is 23.8 Å². The molecule has 0 bridgehead atoms. The van der Waals surface area contributed by atoms with Crippen molar-refractivity contribution in [2.75, 3.05) is 6.54 Å². The average molecular weight is 881 g/mol. The topological polar surface area (TPSA) is 146 Å². The first kappa shape index (κ1) is 57.2. The van der Waals surface area contributed by atoms with Crippen molar-refractivity contribution in [2.45, 2.75) is 246 Å². The van der Waals surface area contributed by atoms with Crippen LogP contribution in [0, 0.1) is 0 Å². The van der Waals surface area contributed by atoms with E-state index in [2.05, 4.69) is 59.4 Å². The van der Waals surface area contributed by atoms with Gasteiger partial charge >= 0.3 is 6.09 Å². The smallest absolute Gasteiger partial charge is 0.407 e. The minimum atomic E-state index is -0.632. The summed E-state index contributed by atoms with van der Waals surface area (Å²) in [6.07, 6.45) is 40.8. The van der Waals surface area contributed by atoms with Gasteiger partial charge < -0.3 is 31.1 Å². The van der Waals surface area contributed by atoms with Gasteiger partial charge in [0.1, 0.15) is 11.4 Å². The van der Waals surface area contributed by atoms with Crippen LogP contribution in [-0.2, 0) is 38.8 Å². The van der Waals surface area contributed by atoms with E-state index in [1.807, 2.05) is 0 Å². The molecule has 0 fully saturated rings. The molecule has 0 spiro atoms. The normalized spacial score (nSPS) is 11.6. The van der Waals surface area contributed by atoms with Crippen LogP contribution in [-0.4, -0.2) is 41.1 Å². The molecule has 0 unspecified atom stereocenters. The standard InChI is InChI=1S/C53H92N4O6/c1-6-8-10-12-14-16-18-20-22-24-26-28-30-32-34-36-48(58)56-43-46-40-45(42-55-50(60)38-39-54-52(62)63-53(3,4)5)41-47(51(46)61)44-57-49(59)37-35-33-31-29-27-25-23-21-19-17-15-13-11-9-7-2/h20-23,40-41,61H,6-19,24-39,42-44H2,1-5H3,(H,54,62)(H,55,60)(H,56,58)(H,57,59)/b22-20-,23-21-. The van der Waals surface area contributed by atoms with Gasteiger partial charge in [-0.15, -0.1) is 0 Å². The van der Waals surface area contributed by atoms with Gasteiger partial charge in [0, 0.05) is 56.6 Å². The second-order valence-corrected chi connectivity index (χ2v) is 18.4. The van der Waals surface area contributed by atoms with E-state index in [1.54, 1.807) is 32.9 Å². The molecular weight excluding hydrogens is 789 g/mol. The highest BCUT2D eigenvalue weighted by atomic mass is 16.6. The Labute approximate surface area is 384 Å². The van der Waals surface area contributed by atoms with Gasteiger partial charge in [0.05, 0.1) is 0 Å². The first-order valence-electron chi connectivity index (χ1n) is 25.4. The average Bonchev–Trinajstić information content (AvgIpc) is 3.24. The summed E-state index contributed by atoms with van der Waals surface area (Å²) >= 11 is 0. The number of benzene rings is 1. The predicted molar refractivity (Wildman–Crippen MR) is 261 cm³/mol. The third-order valence-corrected chi connectivity index (χ3v) is 11.1. The molecule has 0 aliphatic carbocycles. The first-order valence-corrected chi connectivity index (χ1v) is 25.4. The quantitative estimate of drug-likeness (QED) is 0.0329. The molecule has 360 valence electrons. The molecule has 0 saturated heterocycles. The molecule has 1 rings (SSSR count). The van der Waals surface area contributed by atoms with E-state index in [4.69, 9.17) is 4.74 Å². The summed E-state index contributed by atoms with van der Waals surface area (Å²) in [7, 11) is 0. The van der Waals surface area contributed by atoms with Crippen LogP contribution in [0.5, 0.6) is 5.75 Å². The van der Waals surface area contributed by atoms with E-state index in [-0.39, 0.29) is 56.1 Å². The Hall–Kier alpha value is -3.82. The number of amides is 4. The van der Waals surface area contributed by atoms with E-state index in [0.29, 0.717) is 24.0 Å². The minimum absolute atomic E-state index is 0.0225. The van der Waals surface area contributed by atoms with Gasteiger partial charge in [0.25, 0.3) is 0 Å². The lowest BCUT2D eigenvalue weighted by Crippen LogP contribution is -2.35. The largest absolute Gasteiger partial charge is 0.507 e. The van der Waals surface area contributed by atoms with Crippen LogP contribution in [0.15, 0.2) is 36.4 Å². The Morgan fingerprint density at radius 1 is 0.492 bits per heavy atom. The Balaban J connectivity index is 2.55. The number of carbonyl (C=O) groups excluding carboxylic acids is 4. The Morgan fingerprint density at radius 3 is 1.24 bits per heavy atom. The summed E-state index contributed by atoms with van der Waals surface area (Å²) in [6.45, 7) is 10.4. The third kappa shape index (κ3) is 35.2. The SMILES string of the molecule is CCCCCCCC/C=C\CCCCCCCC(=O)NCc1cc(CNC(=O)CCNC(=O)OC(C)(C)C)cc(CNC(=O)CCCCCCC/C=C\CCCCCCCC)c1O. The lowest BCUT2D eigenvalue weighted by Gasteiger charge is -2.19. The summed E-state index contributed by atoms with van der Waals surface area (Å²) in [5.41, 5.74) is 1.14. The molecule has 5 N–H and O–H groups in total. The maximum Gasteiger partial charge on any atom is 0.407 e. The summed E-state index contributed by atoms with van der Waals surface area (Å²) in [5.74, 6) is -0.380. The highest BCUT2D eigenvalue weighted by Crippen LogP contribution is 2.25. The number of nitrogens with one attached hydrogen (secondary N) is 4. The Bertz CT molecular complexity index is 1340. The van der Waals surface area contributed by atoms with Crippen LogP contribution in [0.3, 0.4) is 0 Å². The van der Waals surface area contributed by atoms with Crippen LogP contribution < -0.4 is 21.3 Å². The monoisotopic (exact) mass is 881 g/mol. The lowest BCUT2D eigenvalue weighted by atomic mass is 10.0. The van der Waals surface area contributed by atoms with Crippen LogP contribution in [0.1, 0.15) is 238 Å². The van der Waals surface area contributed by atoms with Gasteiger partial charge in [-0.25, -0.2) is 4.79 Å². The van der Waals surface area contributed by atoms with Crippen LogP contribution in [0.2, 0.25) is 0 Å². The molecule has 0 aliphatic rings. The second-order valence-electron chi connectivity index (χ2n) is 18.4. The van der Waals surface area contributed by atoms with Crippen LogP contribution in [0.25, 0.3) is 0 Å². The second kappa shape index (κ2) is 38.6. The molecule has 10 heteroatoms. The van der Waals surface area contributed by atoms with Crippen LogP contribution >= 0.6 is 0 Å². The highest BCUT2D eigenvalue weighted by molar-refractivity contribution is 5.77.